The highest BCUT2D eigenvalue weighted by molar-refractivity contribution is 6.20. The minimum absolute atomic E-state index is 0.104. The van der Waals surface area contributed by atoms with Crippen molar-refractivity contribution in [1.29, 1.82) is 0 Å². The molecule has 1 aromatic heterocycles. The van der Waals surface area contributed by atoms with E-state index < -0.39 is 23.2 Å². The normalized spacial score (nSPS) is 13.0. The fourth-order valence-electron chi connectivity index (χ4n) is 3.57. The molecule has 6 heteroatoms. The largest absolute Gasteiger partial charge is 0.386 e. The minimum atomic E-state index is -0.973. The number of fused-ring (bicyclic) bond motifs is 5. The number of carbonyl (C=O) groups is 2. The van der Waals surface area contributed by atoms with Crippen LogP contribution >= 0.6 is 0 Å². The lowest BCUT2D eigenvalue weighted by molar-refractivity contribution is 0.0401. The molecule has 0 saturated heterocycles. The summed E-state index contributed by atoms with van der Waals surface area (Å²) in [6, 6.07) is 16.9. The van der Waals surface area contributed by atoms with E-state index in [0.717, 1.165) is 5.56 Å². The van der Waals surface area contributed by atoms with Crippen LogP contribution in [0.1, 0.15) is 20.7 Å². The van der Waals surface area contributed by atoms with Gasteiger partial charge in [0.2, 0.25) is 0 Å². The first-order chi connectivity index (χ1) is 13.5. The zero-order valence-electron chi connectivity index (χ0n) is 14.2. The molecule has 4 aromatic rings. The van der Waals surface area contributed by atoms with Crippen molar-refractivity contribution in [2.75, 3.05) is 0 Å². The van der Waals surface area contributed by atoms with Gasteiger partial charge >= 0.3 is 23.2 Å². The number of ether oxygens (including phenoxy) is 1. The summed E-state index contributed by atoms with van der Waals surface area (Å²) < 4.78 is 9.87. The third-order valence-electron chi connectivity index (χ3n) is 4.83. The van der Waals surface area contributed by atoms with Crippen LogP contribution in [0.4, 0.5) is 0 Å². The fourth-order valence-corrected chi connectivity index (χ4v) is 3.57. The molecular weight excluding hydrogens is 360 g/mol. The molecule has 0 radical (unpaired) electrons. The Morgan fingerprint density at radius 2 is 1.36 bits per heavy atom. The Balaban J connectivity index is 2.16. The smallest absolute Gasteiger partial charge is 0.347 e. The van der Waals surface area contributed by atoms with Crippen molar-refractivity contribution in [1.82, 2.24) is 0 Å². The van der Waals surface area contributed by atoms with E-state index in [1.807, 2.05) is 30.3 Å². The third-order valence-corrected chi connectivity index (χ3v) is 4.83. The van der Waals surface area contributed by atoms with E-state index in [9.17, 15) is 19.2 Å². The first-order valence-electron chi connectivity index (χ1n) is 8.44. The van der Waals surface area contributed by atoms with Crippen molar-refractivity contribution in [3.8, 4) is 11.1 Å². The van der Waals surface area contributed by atoms with E-state index in [2.05, 4.69) is 0 Å². The summed E-state index contributed by atoms with van der Waals surface area (Å²) in [4.78, 5) is 50.1. The monoisotopic (exact) mass is 370 g/mol. The fraction of sp³-hybridized carbons (Fsp3) is 0. The Morgan fingerprint density at radius 1 is 0.643 bits per heavy atom. The summed E-state index contributed by atoms with van der Waals surface area (Å²) >= 11 is 0. The number of esters is 2. The van der Waals surface area contributed by atoms with Gasteiger partial charge in [-0.1, -0.05) is 42.5 Å². The molecule has 28 heavy (non-hydrogen) atoms. The van der Waals surface area contributed by atoms with Crippen LogP contribution in [0.2, 0.25) is 0 Å². The number of rotatable bonds is 1. The Bertz CT molecular complexity index is 1450. The summed E-state index contributed by atoms with van der Waals surface area (Å²) in [5, 5.41) is 0.707. The minimum Gasteiger partial charge on any atom is -0.386 e. The third kappa shape index (κ3) is 2.21. The van der Waals surface area contributed by atoms with Crippen LogP contribution in [0.5, 0.6) is 0 Å². The number of hydrogen-bond donors (Lipinski definition) is 0. The molecule has 6 nitrogen and oxygen atoms in total. The van der Waals surface area contributed by atoms with Gasteiger partial charge in [0.1, 0.15) is 0 Å². The number of benzene rings is 3. The van der Waals surface area contributed by atoms with Crippen LogP contribution in [0.25, 0.3) is 32.7 Å². The highest BCUT2D eigenvalue weighted by Gasteiger charge is 2.27. The van der Waals surface area contributed by atoms with Crippen LogP contribution in [-0.4, -0.2) is 11.9 Å². The predicted octanol–water partition coefficient (Wildman–Crippen LogP) is 3.28. The average Bonchev–Trinajstić information content (AvgIpc) is 2.71. The molecule has 134 valence electrons. The van der Waals surface area contributed by atoms with Crippen molar-refractivity contribution in [3.05, 3.63) is 92.6 Å². The molecule has 3 heterocycles. The molecule has 0 N–H and O–H groups in total. The van der Waals surface area contributed by atoms with Crippen LogP contribution in [-0.2, 0) is 4.74 Å². The number of hydrogen-bond acceptors (Lipinski definition) is 6. The Morgan fingerprint density at radius 3 is 2.14 bits per heavy atom. The van der Waals surface area contributed by atoms with Crippen molar-refractivity contribution in [2.24, 2.45) is 0 Å². The first-order valence-corrected chi connectivity index (χ1v) is 8.44. The molecule has 2 aliphatic heterocycles. The van der Waals surface area contributed by atoms with E-state index in [4.69, 9.17) is 9.15 Å². The van der Waals surface area contributed by atoms with Crippen LogP contribution < -0.4 is 11.3 Å². The molecule has 0 aliphatic carbocycles. The summed E-state index contributed by atoms with van der Waals surface area (Å²) in [6.07, 6.45) is 0. The molecule has 2 aliphatic rings. The SMILES string of the molecule is O=C1OC(=O)c2c3ccc(-c4ccccc4)c2c2ccc(c1c2)c(=O)oc3=O. The zero-order valence-corrected chi connectivity index (χ0v) is 14.2. The van der Waals surface area contributed by atoms with E-state index in [-0.39, 0.29) is 21.9 Å². The number of carbonyl (C=O) groups excluding carboxylic acids is 2. The van der Waals surface area contributed by atoms with Gasteiger partial charge in [-0.2, -0.15) is 0 Å². The molecule has 6 rings (SSSR count). The van der Waals surface area contributed by atoms with Crippen LogP contribution in [0.3, 0.4) is 0 Å². The predicted molar refractivity (Wildman–Crippen MR) is 101 cm³/mol. The zero-order chi connectivity index (χ0) is 19.4. The van der Waals surface area contributed by atoms with Gasteiger partial charge < -0.3 is 9.15 Å². The summed E-state index contributed by atoms with van der Waals surface area (Å²) in [7, 11) is 0. The highest BCUT2D eigenvalue weighted by atomic mass is 16.6. The van der Waals surface area contributed by atoms with Crippen LogP contribution in [0.15, 0.2) is 74.7 Å². The molecule has 0 spiro atoms. The Hall–Kier alpha value is -4.06. The van der Waals surface area contributed by atoms with Crippen molar-refractivity contribution in [3.63, 3.8) is 0 Å². The Labute approximate surface area is 156 Å². The molecule has 0 unspecified atom stereocenters. The van der Waals surface area contributed by atoms with Gasteiger partial charge in [0.15, 0.2) is 0 Å². The molecule has 0 amide bonds. The second-order valence-corrected chi connectivity index (χ2v) is 6.39. The van der Waals surface area contributed by atoms with Gasteiger partial charge in [-0.25, -0.2) is 19.2 Å². The average molecular weight is 370 g/mol. The van der Waals surface area contributed by atoms with Crippen molar-refractivity contribution in [2.45, 2.75) is 0 Å². The lowest BCUT2D eigenvalue weighted by Gasteiger charge is -2.15. The summed E-state index contributed by atoms with van der Waals surface area (Å²) in [6.45, 7) is 0. The molecule has 0 fully saturated rings. The topological polar surface area (TPSA) is 90.7 Å². The first kappa shape index (κ1) is 16.1. The molecule has 3 aromatic carbocycles. The molecule has 0 saturated carbocycles. The van der Waals surface area contributed by atoms with Gasteiger partial charge in [0.05, 0.1) is 21.9 Å². The quantitative estimate of drug-likeness (QED) is 0.377. The van der Waals surface area contributed by atoms with Gasteiger partial charge in [-0.15, -0.1) is 0 Å². The van der Waals surface area contributed by atoms with Gasteiger partial charge in [-0.3, -0.25) is 0 Å². The van der Waals surface area contributed by atoms with E-state index in [0.29, 0.717) is 16.3 Å². The second-order valence-electron chi connectivity index (χ2n) is 6.39. The van der Waals surface area contributed by atoms with E-state index >= 15 is 0 Å². The molecule has 0 atom stereocenters. The maximum Gasteiger partial charge on any atom is 0.347 e. The van der Waals surface area contributed by atoms with Crippen LogP contribution in [0, 0.1) is 0 Å². The Kier molecular flexibility index (Phi) is 3.30. The van der Waals surface area contributed by atoms with E-state index in [1.54, 1.807) is 12.1 Å². The lowest BCUT2D eigenvalue weighted by atomic mass is 9.92. The van der Waals surface area contributed by atoms with Gasteiger partial charge in [-0.05, 0) is 34.7 Å². The highest BCUT2D eigenvalue weighted by Crippen LogP contribution is 2.34. The van der Waals surface area contributed by atoms with Crippen molar-refractivity contribution >= 4 is 33.5 Å². The summed E-state index contributed by atoms with van der Waals surface area (Å²) in [5.74, 6) is -1.92. The van der Waals surface area contributed by atoms with Gasteiger partial charge in [0, 0.05) is 5.39 Å². The maximum atomic E-state index is 12.8. The van der Waals surface area contributed by atoms with E-state index in [1.165, 1.54) is 18.2 Å². The van der Waals surface area contributed by atoms with Crippen molar-refractivity contribution < 1.29 is 18.7 Å². The lowest BCUT2D eigenvalue weighted by Crippen LogP contribution is -2.21. The standard InChI is InChI=1S/C22H10O6/c23-19-14-7-6-12-10-16(14)21(25)28-22(26)18-15(20(24)27-19)9-8-13(17(12)18)11-4-2-1-3-5-11/h1-10H. The van der Waals surface area contributed by atoms with Gasteiger partial charge in [0.25, 0.3) is 0 Å². The molecular formula is C22H10O6. The molecule has 6 bridgehead atoms. The summed E-state index contributed by atoms with van der Waals surface area (Å²) in [5.41, 5.74) is -0.672. The second kappa shape index (κ2) is 5.72. The maximum absolute atomic E-state index is 12.8.